The van der Waals surface area contributed by atoms with E-state index in [1.165, 1.54) is 5.56 Å². The molecule has 1 amide bonds. The third-order valence-electron chi connectivity index (χ3n) is 3.52. The van der Waals surface area contributed by atoms with Crippen molar-refractivity contribution in [2.45, 2.75) is 13.8 Å². The summed E-state index contributed by atoms with van der Waals surface area (Å²) in [5.41, 5.74) is 3.85. The molecule has 2 aromatic rings. The van der Waals surface area contributed by atoms with E-state index >= 15 is 0 Å². The predicted octanol–water partition coefficient (Wildman–Crippen LogP) is 3.59. The van der Waals surface area contributed by atoms with Gasteiger partial charge in [-0.05, 0) is 61.4 Å². The number of hydrogen-bond donors (Lipinski definition) is 0. The largest absolute Gasteiger partial charge is 0.497 e. The summed E-state index contributed by atoms with van der Waals surface area (Å²) in [5, 5.41) is 0. The third kappa shape index (κ3) is 2.82. The molecule has 2 rings (SSSR count). The number of anilines is 1. The fraction of sp³-hybridized carbons (Fsp3) is 0.235. The highest BCUT2D eigenvalue weighted by Gasteiger charge is 2.14. The summed E-state index contributed by atoms with van der Waals surface area (Å²) < 4.78 is 5.12. The molecule has 0 fully saturated rings. The molecular weight excluding hydrogens is 250 g/mol. The van der Waals surface area contributed by atoms with Crippen LogP contribution in [0.25, 0.3) is 0 Å². The van der Waals surface area contributed by atoms with E-state index in [4.69, 9.17) is 4.74 Å². The van der Waals surface area contributed by atoms with Gasteiger partial charge in [-0.25, -0.2) is 0 Å². The second-order valence-electron chi connectivity index (χ2n) is 4.86. The van der Waals surface area contributed by atoms with Crippen molar-refractivity contribution in [3.8, 4) is 5.75 Å². The zero-order valence-corrected chi connectivity index (χ0v) is 12.3. The van der Waals surface area contributed by atoms with Crippen LogP contribution in [-0.4, -0.2) is 20.1 Å². The van der Waals surface area contributed by atoms with E-state index in [2.05, 4.69) is 0 Å². The van der Waals surface area contributed by atoms with Gasteiger partial charge in [0.25, 0.3) is 5.91 Å². The molecule has 0 aromatic heterocycles. The summed E-state index contributed by atoms with van der Waals surface area (Å²) in [6.45, 7) is 4.05. The fourth-order valence-corrected chi connectivity index (χ4v) is 1.99. The maximum atomic E-state index is 12.5. The Bertz CT molecular complexity index is 617. The maximum absolute atomic E-state index is 12.5. The Labute approximate surface area is 119 Å². The summed E-state index contributed by atoms with van der Waals surface area (Å²) >= 11 is 0. The lowest BCUT2D eigenvalue weighted by Crippen LogP contribution is -2.26. The Balaban J connectivity index is 2.24. The Kier molecular flexibility index (Phi) is 4.08. The van der Waals surface area contributed by atoms with Gasteiger partial charge >= 0.3 is 0 Å². The van der Waals surface area contributed by atoms with Gasteiger partial charge in [-0.1, -0.05) is 6.07 Å². The van der Waals surface area contributed by atoms with E-state index in [9.17, 15) is 4.79 Å². The van der Waals surface area contributed by atoms with Gasteiger partial charge in [0.2, 0.25) is 0 Å². The zero-order chi connectivity index (χ0) is 14.7. The van der Waals surface area contributed by atoms with Crippen LogP contribution in [0.5, 0.6) is 5.75 Å². The number of nitrogens with zero attached hydrogens (tertiary/aromatic N) is 1. The number of amides is 1. The average Bonchev–Trinajstić information content (AvgIpc) is 2.48. The van der Waals surface area contributed by atoms with Gasteiger partial charge in [0.15, 0.2) is 0 Å². The van der Waals surface area contributed by atoms with E-state index in [1.54, 1.807) is 19.1 Å². The second kappa shape index (κ2) is 5.78. The molecule has 0 bridgehead atoms. The molecule has 0 atom stereocenters. The van der Waals surface area contributed by atoms with Gasteiger partial charge in [0.1, 0.15) is 5.75 Å². The molecule has 0 N–H and O–H groups in total. The second-order valence-corrected chi connectivity index (χ2v) is 4.86. The summed E-state index contributed by atoms with van der Waals surface area (Å²) in [4.78, 5) is 14.1. The van der Waals surface area contributed by atoms with E-state index in [1.807, 2.05) is 56.3 Å². The quantitative estimate of drug-likeness (QED) is 0.852. The van der Waals surface area contributed by atoms with Crippen LogP contribution in [-0.2, 0) is 0 Å². The molecule has 0 saturated carbocycles. The van der Waals surface area contributed by atoms with Crippen molar-refractivity contribution in [3.63, 3.8) is 0 Å². The molecular formula is C17H19NO2. The Morgan fingerprint density at radius 2 is 1.65 bits per heavy atom. The number of aryl methyl sites for hydroxylation is 2. The Morgan fingerprint density at radius 1 is 1.00 bits per heavy atom. The molecule has 0 aliphatic heterocycles. The minimum atomic E-state index is -0.0155. The van der Waals surface area contributed by atoms with Crippen molar-refractivity contribution in [2.24, 2.45) is 0 Å². The van der Waals surface area contributed by atoms with Crippen LogP contribution in [0.4, 0.5) is 5.69 Å². The number of rotatable bonds is 3. The first-order chi connectivity index (χ1) is 9.52. The number of carbonyl (C=O) groups is 1. The fourth-order valence-electron chi connectivity index (χ4n) is 1.99. The van der Waals surface area contributed by atoms with E-state index in [0.717, 1.165) is 17.0 Å². The lowest BCUT2D eigenvalue weighted by molar-refractivity contribution is 0.0993. The minimum Gasteiger partial charge on any atom is -0.497 e. The van der Waals surface area contributed by atoms with Crippen molar-refractivity contribution >= 4 is 11.6 Å². The number of benzene rings is 2. The van der Waals surface area contributed by atoms with Crippen molar-refractivity contribution in [3.05, 3.63) is 59.2 Å². The molecule has 0 aliphatic rings. The number of ether oxygens (including phenoxy) is 1. The van der Waals surface area contributed by atoms with Crippen LogP contribution in [0.3, 0.4) is 0 Å². The van der Waals surface area contributed by atoms with Crippen LogP contribution in [0.15, 0.2) is 42.5 Å². The molecule has 3 nitrogen and oxygen atoms in total. The molecule has 104 valence electrons. The van der Waals surface area contributed by atoms with Gasteiger partial charge in [-0.3, -0.25) is 4.79 Å². The molecule has 0 spiro atoms. The van der Waals surface area contributed by atoms with Crippen molar-refractivity contribution < 1.29 is 9.53 Å². The maximum Gasteiger partial charge on any atom is 0.258 e. The lowest BCUT2D eigenvalue weighted by Gasteiger charge is -2.18. The lowest BCUT2D eigenvalue weighted by atomic mass is 10.1. The highest BCUT2D eigenvalue weighted by molar-refractivity contribution is 6.05. The predicted molar refractivity (Wildman–Crippen MR) is 81.6 cm³/mol. The molecule has 0 unspecified atom stereocenters. The molecule has 0 saturated heterocycles. The van der Waals surface area contributed by atoms with Crippen LogP contribution < -0.4 is 9.64 Å². The summed E-state index contributed by atoms with van der Waals surface area (Å²) in [6, 6.07) is 13.2. The Hall–Kier alpha value is -2.29. The molecule has 2 aromatic carbocycles. The van der Waals surface area contributed by atoms with Crippen LogP contribution in [0, 0.1) is 13.8 Å². The van der Waals surface area contributed by atoms with Gasteiger partial charge in [-0.2, -0.15) is 0 Å². The van der Waals surface area contributed by atoms with Crippen molar-refractivity contribution in [1.29, 1.82) is 0 Å². The number of carbonyl (C=O) groups excluding carboxylic acids is 1. The highest BCUT2D eigenvalue weighted by Crippen LogP contribution is 2.20. The van der Waals surface area contributed by atoms with E-state index in [0.29, 0.717) is 5.56 Å². The smallest absolute Gasteiger partial charge is 0.258 e. The third-order valence-corrected chi connectivity index (χ3v) is 3.52. The molecule has 20 heavy (non-hydrogen) atoms. The van der Waals surface area contributed by atoms with Crippen molar-refractivity contribution in [1.82, 2.24) is 0 Å². The van der Waals surface area contributed by atoms with Gasteiger partial charge in [-0.15, -0.1) is 0 Å². The highest BCUT2D eigenvalue weighted by atomic mass is 16.5. The van der Waals surface area contributed by atoms with Crippen LogP contribution >= 0.6 is 0 Å². The summed E-state index contributed by atoms with van der Waals surface area (Å²) in [6.07, 6.45) is 0. The monoisotopic (exact) mass is 269 g/mol. The topological polar surface area (TPSA) is 29.5 Å². The van der Waals surface area contributed by atoms with Gasteiger partial charge in [0.05, 0.1) is 7.11 Å². The average molecular weight is 269 g/mol. The number of methoxy groups -OCH3 is 1. The summed E-state index contributed by atoms with van der Waals surface area (Å²) in [7, 11) is 3.40. The molecule has 3 heteroatoms. The molecule has 0 radical (unpaired) electrons. The van der Waals surface area contributed by atoms with Crippen LogP contribution in [0.2, 0.25) is 0 Å². The van der Waals surface area contributed by atoms with E-state index < -0.39 is 0 Å². The first-order valence-corrected chi connectivity index (χ1v) is 6.52. The molecule has 0 aliphatic carbocycles. The SMILES string of the molecule is COc1ccc(N(C)C(=O)c2ccc(C)c(C)c2)cc1. The van der Waals surface area contributed by atoms with Crippen molar-refractivity contribution in [2.75, 3.05) is 19.1 Å². The van der Waals surface area contributed by atoms with Crippen LogP contribution in [0.1, 0.15) is 21.5 Å². The van der Waals surface area contributed by atoms with Gasteiger partial charge < -0.3 is 9.64 Å². The Morgan fingerprint density at radius 3 is 2.20 bits per heavy atom. The first kappa shape index (κ1) is 14.1. The summed E-state index contributed by atoms with van der Waals surface area (Å²) in [5.74, 6) is 0.763. The standard InChI is InChI=1S/C17H19NO2/c1-12-5-6-14(11-13(12)2)17(19)18(3)15-7-9-16(20-4)10-8-15/h5-11H,1-4H3. The van der Waals surface area contributed by atoms with Gasteiger partial charge in [0, 0.05) is 18.3 Å². The number of hydrogen-bond acceptors (Lipinski definition) is 2. The molecule has 0 heterocycles. The minimum absolute atomic E-state index is 0.0155. The first-order valence-electron chi connectivity index (χ1n) is 6.52. The van der Waals surface area contributed by atoms with E-state index in [-0.39, 0.29) is 5.91 Å². The zero-order valence-electron chi connectivity index (χ0n) is 12.3. The normalized spacial score (nSPS) is 10.2.